The zero-order valence-electron chi connectivity index (χ0n) is 11.4. The zero-order chi connectivity index (χ0) is 14.0. The SMILES string of the molecule is C=Cc1cc(N2CCC(N(C)C)C2)ccc1[N+](=O)[O-]. The van der Waals surface area contributed by atoms with Gasteiger partial charge in [0.05, 0.1) is 10.5 Å². The fourth-order valence-corrected chi connectivity index (χ4v) is 2.47. The van der Waals surface area contributed by atoms with Gasteiger partial charge in [0.2, 0.25) is 0 Å². The lowest BCUT2D eigenvalue weighted by atomic mass is 10.1. The van der Waals surface area contributed by atoms with Crippen molar-refractivity contribution in [3.8, 4) is 0 Å². The average Bonchev–Trinajstić information content (AvgIpc) is 2.87. The van der Waals surface area contributed by atoms with Crippen molar-refractivity contribution in [3.63, 3.8) is 0 Å². The molecule has 0 aromatic heterocycles. The van der Waals surface area contributed by atoms with Crippen molar-refractivity contribution in [2.45, 2.75) is 12.5 Å². The van der Waals surface area contributed by atoms with E-state index in [0.29, 0.717) is 11.6 Å². The van der Waals surface area contributed by atoms with Crippen LogP contribution in [0.5, 0.6) is 0 Å². The Kier molecular flexibility index (Phi) is 3.85. The molecule has 0 radical (unpaired) electrons. The van der Waals surface area contributed by atoms with Crippen molar-refractivity contribution in [3.05, 3.63) is 40.5 Å². The van der Waals surface area contributed by atoms with Gasteiger partial charge in [-0.15, -0.1) is 0 Å². The van der Waals surface area contributed by atoms with Crippen molar-refractivity contribution >= 4 is 17.5 Å². The molecule has 1 atom stereocenters. The molecule has 19 heavy (non-hydrogen) atoms. The highest BCUT2D eigenvalue weighted by Crippen LogP contribution is 2.28. The number of anilines is 1. The van der Waals surface area contributed by atoms with E-state index in [1.165, 1.54) is 0 Å². The smallest absolute Gasteiger partial charge is 0.276 e. The summed E-state index contributed by atoms with van der Waals surface area (Å²) in [6.07, 6.45) is 2.66. The molecule has 1 aromatic rings. The molecule has 1 heterocycles. The third-order valence-corrected chi connectivity index (χ3v) is 3.69. The summed E-state index contributed by atoms with van der Waals surface area (Å²) in [6, 6.07) is 5.78. The van der Waals surface area contributed by atoms with E-state index in [4.69, 9.17) is 0 Å². The highest BCUT2D eigenvalue weighted by atomic mass is 16.6. The molecule has 0 amide bonds. The van der Waals surface area contributed by atoms with Crippen molar-refractivity contribution in [2.24, 2.45) is 0 Å². The number of rotatable bonds is 4. The second kappa shape index (κ2) is 5.40. The van der Waals surface area contributed by atoms with Crippen LogP contribution in [0, 0.1) is 10.1 Å². The largest absolute Gasteiger partial charge is 0.370 e. The van der Waals surface area contributed by atoms with Crippen molar-refractivity contribution in [2.75, 3.05) is 32.1 Å². The number of nitro groups is 1. The Labute approximate surface area is 113 Å². The summed E-state index contributed by atoms with van der Waals surface area (Å²) in [6.45, 7) is 5.60. The highest BCUT2D eigenvalue weighted by Gasteiger charge is 2.25. The maximum Gasteiger partial charge on any atom is 0.276 e. The first-order valence-corrected chi connectivity index (χ1v) is 6.35. The van der Waals surface area contributed by atoms with Gasteiger partial charge in [0.15, 0.2) is 0 Å². The van der Waals surface area contributed by atoms with E-state index < -0.39 is 0 Å². The molecule has 1 aliphatic heterocycles. The summed E-state index contributed by atoms with van der Waals surface area (Å²) in [5.74, 6) is 0. The molecular formula is C14H19N3O2. The maximum absolute atomic E-state index is 10.9. The van der Waals surface area contributed by atoms with Crippen LogP contribution in [0.25, 0.3) is 6.08 Å². The Morgan fingerprint density at radius 3 is 2.79 bits per heavy atom. The Bertz CT molecular complexity index is 499. The first-order valence-electron chi connectivity index (χ1n) is 6.35. The minimum atomic E-state index is -0.368. The summed E-state index contributed by atoms with van der Waals surface area (Å²) < 4.78 is 0. The molecule has 0 saturated carbocycles. The van der Waals surface area contributed by atoms with Gasteiger partial charge < -0.3 is 9.80 Å². The van der Waals surface area contributed by atoms with Gasteiger partial charge in [0.25, 0.3) is 5.69 Å². The monoisotopic (exact) mass is 261 g/mol. The van der Waals surface area contributed by atoms with E-state index in [2.05, 4.69) is 30.5 Å². The topological polar surface area (TPSA) is 49.6 Å². The molecule has 1 saturated heterocycles. The van der Waals surface area contributed by atoms with Gasteiger partial charge in [-0.1, -0.05) is 12.7 Å². The lowest BCUT2D eigenvalue weighted by molar-refractivity contribution is -0.385. The van der Waals surface area contributed by atoms with Crippen LogP contribution < -0.4 is 4.90 Å². The maximum atomic E-state index is 10.9. The molecule has 1 unspecified atom stereocenters. The minimum absolute atomic E-state index is 0.113. The predicted octanol–water partition coefficient (Wildman–Crippen LogP) is 2.38. The molecule has 102 valence electrons. The van der Waals surface area contributed by atoms with Crippen molar-refractivity contribution < 1.29 is 4.92 Å². The van der Waals surface area contributed by atoms with Crippen LogP contribution >= 0.6 is 0 Å². The molecule has 0 N–H and O–H groups in total. The average molecular weight is 261 g/mol. The van der Waals surface area contributed by atoms with Crippen molar-refractivity contribution in [1.82, 2.24) is 4.90 Å². The summed E-state index contributed by atoms with van der Waals surface area (Å²) in [7, 11) is 4.17. The first-order chi connectivity index (χ1) is 9.02. The Morgan fingerprint density at radius 1 is 1.53 bits per heavy atom. The number of hydrogen-bond acceptors (Lipinski definition) is 4. The number of likely N-dealkylation sites (N-methyl/N-ethyl adjacent to an activating group) is 1. The lowest BCUT2D eigenvalue weighted by Crippen LogP contribution is -2.31. The first kappa shape index (κ1) is 13.5. The second-order valence-electron chi connectivity index (χ2n) is 5.06. The van der Waals surface area contributed by atoms with Gasteiger partial charge in [0.1, 0.15) is 0 Å². The van der Waals surface area contributed by atoms with E-state index in [-0.39, 0.29) is 10.6 Å². The minimum Gasteiger partial charge on any atom is -0.370 e. The molecule has 2 rings (SSSR count). The van der Waals surface area contributed by atoms with Crippen LogP contribution in [-0.4, -0.2) is 43.0 Å². The van der Waals surface area contributed by atoms with E-state index in [0.717, 1.165) is 25.2 Å². The normalized spacial score (nSPS) is 18.9. The van der Waals surface area contributed by atoms with Gasteiger partial charge in [-0.05, 0) is 32.6 Å². The second-order valence-corrected chi connectivity index (χ2v) is 5.06. The molecule has 1 aromatic carbocycles. The lowest BCUT2D eigenvalue weighted by Gasteiger charge is -2.22. The number of nitro benzene ring substituents is 1. The fourth-order valence-electron chi connectivity index (χ4n) is 2.47. The molecule has 5 heteroatoms. The van der Waals surface area contributed by atoms with Crippen LogP contribution in [-0.2, 0) is 0 Å². The number of hydrogen-bond donors (Lipinski definition) is 0. The van der Waals surface area contributed by atoms with Gasteiger partial charge in [-0.2, -0.15) is 0 Å². The Balaban J connectivity index is 2.23. The van der Waals surface area contributed by atoms with Crippen LogP contribution in [0.2, 0.25) is 0 Å². The quantitative estimate of drug-likeness (QED) is 0.617. The van der Waals surface area contributed by atoms with E-state index in [9.17, 15) is 10.1 Å². The van der Waals surface area contributed by atoms with Gasteiger partial charge in [0, 0.05) is 30.9 Å². The third kappa shape index (κ3) is 2.76. The Morgan fingerprint density at radius 2 is 2.26 bits per heavy atom. The van der Waals surface area contributed by atoms with Gasteiger partial charge in [-0.25, -0.2) is 0 Å². The van der Waals surface area contributed by atoms with Gasteiger partial charge in [-0.3, -0.25) is 10.1 Å². The molecule has 0 spiro atoms. The van der Waals surface area contributed by atoms with Crippen LogP contribution in [0.3, 0.4) is 0 Å². The number of nitrogens with zero attached hydrogens (tertiary/aromatic N) is 3. The molecular weight excluding hydrogens is 242 g/mol. The summed E-state index contributed by atoms with van der Waals surface area (Å²) >= 11 is 0. The van der Waals surface area contributed by atoms with Crippen LogP contribution in [0.15, 0.2) is 24.8 Å². The molecule has 5 nitrogen and oxygen atoms in total. The molecule has 0 bridgehead atoms. The van der Waals surface area contributed by atoms with E-state index >= 15 is 0 Å². The zero-order valence-corrected chi connectivity index (χ0v) is 11.4. The Hall–Kier alpha value is -1.88. The summed E-state index contributed by atoms with van der Waals surface area (Å²) in [4.78, 5) is 15.0. The summed E-state index contributed by atoms with van der Waals surface area (Å²) in [5.41, 5.74) is 1.72. The van der Waals surface area contributed by atoms with Gasteiger partial charge >= 0.3 is 0 Å². The third-order valence-electron chi connectivity index (χ3n) is 3.69. The summed E-state index contributed by atoms with van der Waals surface area (Å²) in [5, 5.41) is 10.9. The highest BCUT2D eigenvalue weighted by molar-refractivity contribution is 5.66. The predicted molar refractivity (Wildman–Crippen MR) is 77.5 cm³/mol. The molecule has 0 aliphatic carbocycles. The number of benzene rings is 1. The van der Waals surface area contributed by atoms with E-state index in [1.807, 2.05) is 12.1 Å². The van der Waals surface area contributed by atoms with Crippen molar-refractivity contribution in [1.29, 1.82) is 0 Å². The molecule has 1 fully saturated rings. The van der Waals surface area contributed by atoms with Crippen LogP contribution in [0.1, 0.15) is 12.0 Å². The standard InChI is InChI=1S/C14H19N3O2/c1-4-11-9-12(5-6-14(11)17(18)19)16-8-7-13(10-16)15(2)3/h4-6,9,13H,1,7-8,10H2,2-3H3. The fraction of sp³-hybridized carbons (Fsp3) is 0.429. The van der Waals surface area contributed by atoms with E-state index in [1.54, 1.807) is 12.1 Å². The molecule has 1 aliphatic rings. The van der Waals surface area contributed by atoms with Crippen LogP contribution in [0.4, 0.5) is 11.4 Å².